The van der Waals surface area contributed by atoms with Crippen LogP contribution in [0.5, 0.6) is 11.5 Å². The smallest absolute Gasteiger partial charge is 0.267 e. The van der Waals surface area contributed by atoms with E-state index in [1.807, 2.05) is 70.9 Å². The van der Waals surface area contributed by atoms with Gasteiger partial charge in [-0.15, -0.1) is 11.3 Å². The monoisotopic (exact) mass is 485 g/mol. The van der Waals surface area contributed by atoms with Crippen molar-refractivity contribution in [1.82, 2.24) is 14.8 Å². The number of pyridine rings is 1. The number of benzene rings is 2. The lowest BCUT2D eigenvalue weighted by atomic mass is 10.1. The van der Waals surface area contributed by atoms with Gasteiger partial charge in [0.05, 0.1) is 21.7 Å². The second kappa shape index (κ2) is 9.03. The molecule has 2 amide bonds. The fourth-order valence-corrected chi connectivity index (χ4v) is 5.23. The number of carbonyl (C=O) groups excluding carboxylic acids is 2. The van der Waals surface area contributed by atoms with Crippen molar-refractivity contribution in [3.63, 3.8) is 0 Å². The molecule has 0 spiro atoms. The van der Waals surface area contributed by atoms with Crippen LogP contribution in [0.1, 0.15) is 10.4 Å². The summed E-state index contributed by atoms with van der Waals surface area (Å²) in [6.07, 6.45) is -0.676. The molecular weight excluding hydrogens is 462 g/mol. The largest absolute Gasteiger partial charge is 0.485 e. The Balaban J connectivity index is 1.18. The van der Waals surface area contributed by atoms with Crippen LogP contribution in [0.25, 0.3) is 21.5 Å². The van der Waals surface area contributed by atoms with E-state index in [9.17, 15) is 9.59 Å². The van der Waals surface area contributed by atoms with Gasteiger partial charge in [-0.1, -0.05) is 36.4 Å². The Morgan fingerprint density at radius 1 is 0.886 bits per heavy atom. The van der Waals surface area contributed by atoms with Crippen molar-refractivity contribution in [2.45, 2.75) is 6.10 Å². The van der Waals surface area contributed by atoms with Crippen molar-refractivity contribution in [3.8, 4) is 22.1 Å². The first kappa shape index (κ1) is 21.6. The molecule has 8 heteroatoms. The summed E-state index contributed by atoms with van der Waals surface area (Å²) in [4.78, 5) is 36.0. The minimum atomic E-state index is -0.676. The van der Waals surface area contributed by atoms with Crippen LogP contribution < -0.4 is 9.47 Å². The van der Waals surface area contributed by atoms with E-state index in [1.54, 1.807) is 22.3 Å². The third-order valence-corrected chi connectivity index (χ3v) is 7.28. The SMILES string of the molecule is O=C(c1cc(-c2cccs2)nc2ccccc12)N1CCN(C(=O)[C@H]2COc3ccccc3O2)CC1. The van der Waals surface area contributed by atoms with Gasteiger partial charge in [0.1, 0.15) is 6.61 Å². The van der Waals surface area contributed by atoms with Crippen LogP contribution in [0.2, 0.25) is 0 Å². The van der Waals surface area contributed by atoms with Gasteiger partial charge in [0, 0.05) is 31.6 Å². The normalized spacial score (nSPS) is 17.4. The van der Waals surface area contributed by atoms with Gasteiger partial charge in [0.2, 0.25) is 6.10 Å². The third-order valence-electron chi connectivity index (χ3n) is 6.38. The van der Waals surface area contributed by atoms with Gasteiger partial charge < -0.3 is 19.3 Å². The van der Waals surface area contributed by atoms with Gasteiger partial charge >= 0.3 is 0 Å². The highest BCUT2D eigenvalue weighted by Crippen LogP contribution is 2.32. The summed E-state index contributed by atoms with van der Waals surface area (Å²) in [5.74, 6) is 1.08. The van der Waals surface area contributed by atoms with E-state index in [-0.39, 0.29) is 18.4 Å². The molecular formula is C27H23N3O4S. The molecule has 0 N–H and O–H groups in total. The Hall–Kier alpha value is -3.91. The summed E-state index contributed by atoms with van der Waals surface area (Å²) >= 11 is 1.60. The van der Waals surface area contributed by atoms with Gasteiger partial charge in [-0.3, -0.25) is 9.59 Å². The minimum Gasteiger partial charge on any atom is -0.485 e. The number of para-hydroxylation sites is 3. The van der Waals surface area contributed by atoms with Crippen molar-refractivity contribution in [2.24, 2.45) is 0 Å². The average molecular weight is 486 g/mol. The molecule has 0 bridgehead atoms. The fourth-order valence-electron chi connectivity index (χ4n) is 4.55. The first-order valence-corrected chi connectivity index (χ1v) is 12.5. The Kier molecular flexibility index (Phi) is 5.58. The first-order chi connectivity index (χ1) is 17.2. The zero-order chi connectivity index (χ0) is 23.8. The van der Waals surface area contributed by atoms with Crippen molar-refractivity contribution in [2.75, 3.05) is 32.8 Å². The Labute approximate surface area is 206 Å². The summed E-state index contributed by atoms with van der Waals surface area (Å²) in [5.41, 5.74) is 2.23. The summed E-state index contributed by atoms with van der Waals surface area (Å²) in [6, 6.07) is 21.0. The number of ether oxygens (including phenoxy) is 2. The summed E-state index contributed by atoms with van der Waals surface area (Å²) in [6.45, 7) is 2.00. The number of hydrogen-bond donors (Lipinski definition) is 0. The lowest BCUT2D eigenvalue weighted by Gasteiger charge is -2.37. The van der Waals surface area contributed by atoms with Gasteiger partial charge in [-0.2, -0.15) is 0 Å². The Morgan fingerprint density at radius 2 is 1.63 bits per heavy atom. The van der Waals surface area contributed by atoms with Gasteiger partial charge in [-0.25, -0.2) is 4.98 Å². The number of nitrogens with zero attached hydrogens (tertiary/aromatic N) is 3. The van der Waals surface area contributed by atoms with E-state index < -0.39 is 6.10 Å². The van der Waals surface area contributed by atoms with E-state index in [1.165, 1.54) is 0 Å². The zero-order valence-corrected chi connectivity index (χ0v) is 19.7. The van der Waals surface area contributed by atoms with Crippen LogP contribution in [-0.4, -0.2) is 65.5 Å². The number of carbonyl (C=O) groups is 2. The lowest BCUT2D eigenvalue weighted by molar-refractivity contribution is -0.142. The number of piperazine rings is 1. The number of aromatic nitrogens is 1. The predicted octanol–water partition coefficient (Wildman–Crippen LogP) is 4.09. The van der Waals surface area contributed by atoms with Crippen LogP contribution >= 0.6 is 11.3 Å². The molecule has 1 atom stereocenters. The van der Waals surface area contributed by atoms with E-state index in [0.29, 0.717) is 43.2 Å². The molecule has 35 heavy (non-hydrogen) atoms. The second-order valence-electron chi connectivity index (χ2n) is 8.53. The third kappa shape index (κ3) is 4.10. The lowest BCUT2D eigenvalue weighted by Crippen LogP contribution is -2.55. The van der Waals surface area contributed by atoms with Crippen LogP contribution in [0.4, 0.5) is 0 Å². The fraction of sp³-hybridized carbons (Fsp3) is 0.222. The molecule has 0 aliphatic carbocycles. The number of rotatable bonds is 3. The molecule has 6 rings (SSSR count). The van der Waals surface area contributed by atoms with Gasteiger partial charge in [0.15, 0.2) is 11.5 Å². The maximum atomic E-state index is 13.6. The standard InChI is InChI=1S/C27H23N3O4S/c31-26(19-16-21(25-10-5-15-35-25)28-20-7-2-1-6-18(19)20)29-11-13-30(14-12-29)27(32)24-17-33-22-8-3-4-9-23(22)34-24/h1-10,15-16,24H,11-14,17H2/t24-/m1/s1. The molecule has 2 aliphatic heterocycles. The minimum absolute atomic E-state index is 0.0420. The molecule has 2 aromatic carbocycles. The first-order valence-electron chi connectivity index (χ1n) is 11.6. The second-order valence-corrected chi connectivity index (χ2v) is 9.48. The Morgan fingerprint density at radius 3 is 2.43 bits per heavy atom. The van der Waals surface area contributed by atoms with Crippen LogP contribution in [0.3, 0.4) is 0 Å². The number of thiophene rings is 1. The predicted molar refractivity (Wildman–Crippen MR) is 134 cm³/mol. The average Bonchev–Trinajstić information content (AvgIpc) is 3.47. The zero-order valence-electron chi connectivity index (χ0n) is 18.9. The topological polar surface area (TPSA) is 72.0 Å². The molecule has 2 aliphatic rings. The van der Waals surface area contributed by atoms with E-state index in [4.69, 9.17) is 14.5 Å². The molecule has 176 valence electrons. The summed E-state index contributed by atoms with van der Waals surface area (Å²) in [5, 5.41) is 2.84. The van der Waals surface area contributed by atoms with E-state index in [0.717, 1.165) is 21.5 Å². The molecule has 7 nitrogen and oxygen atoms in total. The summed E-state index contributed by atoms with van der Waals surface area (Å²) < 4.78 is 11.6. The highest BCUT2D eigenvalue weighted by Gasteiger charge is 2.34. The highest BCUT2D eigenvalue weighted by molar-refractivity contribution is 7.13. The van der Waals surface area contributed by atoms with Crippen LogP contribution in [-0.2, 0) is 4.79 Å². The molecule has 0 saturated carbocycles. The van der Waals surface area contributed by atoms with Crippen LogP contribution in [0, 0.1) is 0 Å². The maximum absolute atomic E-state index is 13.6. The molecule has 0 radical (unpaired) electrons. The molecule has 2 aromatic heterocycles. The summed E-state index contributed by atoms with van der Waals surface area (Å²) in [7, 11) is 0. The van der Waals surface area contributed by atoms with Gasteiger partial charge in [-0.05, 0) is 35.7 Å². The van der Waals surface area contributed by atoms with E-state index in [2.05, 4.69) is 0 Å². The van der Waals surface area contributed by atoms with Crippen molar-refractivity contribution < 1.29 is 19.1 Å². The number of hydrogen-bond acceptors (Lipinski definition) is 6. The van der Waals surface area contributed by atoms with Crippen molar-refractivity contribution in [1.29, 1.82) is 0 Å². The molecule has 1 saturated heterocycles. The highest BCUT2D eigenvalue weighted by atomic mass is 32.1. The van der Waals surface area contributed by atoms with Crippen molar-refractivity contribution >= 4 is 34.1 Å². The Bertz CT molecular complexity index is 1400. The molecule has 0 unspecified atom stereocenters. The number of fused-ring (bicyclic) bond motifs is 2. The molecule has 4 heterocycles. The number of amides is 2. The van der Waals surface area contributed by atoms with Crippen LogP contribution in [0.15, 0.2) is 72.1 Å². The quantitative estimate of drug-likeness (QED) is 0.437. The molecule has 4 aromatic rings. The van der Waals surface area contributed by atoms with Crippen molar-refractivity contribution in [3.05, 3.63) is 77.7 Å². The van der Waals surface area contributed by atoms with E-state index >= 15 is 0 Å². The van der Waals surface area contributed by atoms with Gasteiger partial charge in [0.25, 0.3) is 11.8 Å². The maximum Gasteiger partial charge on any atom is 0.267 e. The molecule has 1 fully saturated rings.